The van der Waals surface area contributed by atoms with Crippen LogP contribution in [0, 0.1) is 0 Å². The molecule has 0 aliphatic heterocycles. The summed E-state index contributed by atoms with van der Waals surface area (Å²) in [4.78, 5) is 0. The molecule has 4 heteroatoms. The summed E-state index contributed by atoms with van der Waals surface area (Å²) in [7, 11) is 3.35. The van der Waals surface area contributed by atoms with Gasteiger partial charge in [-0.15, -0.1) is 11.3 Å². The molecule has 0 saturated heterocycles. The van der Waals surface area contributed by atoms with Crippen LogP contribution in [0.15, 0.2) is 22.0 Å². The summed E-state index contributed by atoms with van der Waals surface area (Å²) in [6, 6.07) is 3.92. The highest BCUT2D eigenvalue weighted by molar-refractivity contribution is 9.10. The summed E-state index contributed by atoms with van der Waals surface area (Å²) < 4.78 is 12.7. The highest BCUT2D eigenvalue weighted by Gasteiger charge is 2.11. The van der Waals surface area contributed by atoms with E-state index in [2.05, 4.69) is 15.9 Å². The minimum Gasteiger partial charge on any atom is -0.495 e. The van der Waals surface area contributed by atoms with Crippen LogP contribution in [0.3, 0.4) is 0 Å². The molecule has 0 spiro atoms. The van der Waals surface area contributed by atoms with Crippen molar-refractivity contribution >= 4 is 37.4 Å². The van der Waals surface area contributed by atoms with Crippen LogP contribution in [-0.2, 0) is 0 Å². The van der Waals surface area contributed by atoms with Gasteiger partial charge in [-0.25, -0.2) is 0 Å². The smallest absolute Gasteiger partial charge is 0.138 e. The first-order valence-electron chi connectivity index (χ1n) is 4.05. The SMILES string of the molecule is COc1ccc(Br)c2c(OC)csc12. The Morgan fingerprint density at radius 1 is 1.14 bits per heavy atom. The van der Waals surface area contributed by atoms with Crippen LogP contribution in [0.2, 0.25) is 0 Å². The molecule has 0 amide bonds. The zero-order chi connectivity index (χ0) is 10.1. The zero-order valence-electron chi connectivity index (χ0n) is 7.83. The van der Waals surface area contributed by atoms with Gasteiger partial charge in [0, 0.05) is 9.85 Å². The quantitative estimate of drug-likeness (QED) is 0.831. The molecular weight excluding hydrogens is 264 g/mol. The molecule has 0 aliphatic carbocycles. The summed E-state index contributed by atoms with van der Waals surface area (Å²) in [6.07, 6.45) is 0. The van der Waals surface area contributed by atoms with Gasteiger partial charge < -0.3 is 9.47 Å². The predicted molar refractivity (Wildman–Crippen MR) is 62.6 cm³/mol. The highest BCUT2D eigenvalue weighted by Crippen LogP contribution is 2.42. The Bertz CT molecular complexity index is 464. The molecule has 1 aromatic heterocycles. The van der Waals surface area contributed by atoms with Crippen molar-refractivity contribution in [1.82, 2.24) is 0 Å². The third-order valence-corrected chi connectivity index (χ3v) is 3.67. The number of hydrogen-bond acceptors (Lipinski definition) is 3. The molecule has 0 saturated carbocycles. The van der Waals surface area contributed by atoms with Crippen molar-refractivity contribution in [3.63, 3.8) is 0 Å². The number of halogens is 1. The fraction of sp³-hybridized carbons (Fsp3) is 0.200. The van der Waals surface area contributed by atoms with E-state index in [1.54, 1.807) is 25.6 Å². The maximum absolute atomic E-state index is 5.27. The average molecular weight is 273 g/mol. The number of rotatable bonds is 2. The Morgan fingerprint density at radius 3 is 2.50 bits per heavy atom. The molecule has 1 aromatic carbocycles. The van der Waals surface area contributed by atoms with Gasteiger partial charge >= 0.3 is 0 Å². The van der Waals surface area contributed by atoms with Gasteiger partial charge in [-0.3, -0.25) is 0 Å². The highest BCUT2D eigenvalue weighted by atomic mass is 79.9. The third-order valence-electron chi connectivity index (χ3n) is 2.04. The number of ether oxygens (including phenoxy) is 2. The van der Waals surface area contributed by atoms with E-state index in [4.69, 9.17) is 9.47 Å². The lowest BCUT2D eigenvalue weighted by atomic mass is 10.2. The van der Waals surface area contributed by atoms with E-state index in [-0.39, 0.29) is 0 Å². The maximum atomic E-state index is 5.27. The molecule has 0 N–H and O–H groups in total. The topological polar surface area (TPSA) is 18.5 Å². The van der Waals surface area contributed by atoms with E-state index in [9.17, 15) is 0 Å². The van der Waals surface area contributed by atoms with Crippen LogP contribution in [-0.4, -0.2) is 14.2 Å². The van der Waals surface area contributed by atoms with Gasteiger partial charge in [0.25, 0.3) is 0 Å². The number of thiophene rings is 1. The molecule has 0 fully saturated rings. The first-order valence-corrected chi connectivity index (χ1v) is 5.73. The van der Waals surface area contributed by atoms with E-state index in [1.807, 2.05) is 17.5 Å². The van der Waals surface area contributed by atoms with E-state index >= 15 is 0 Å². The van der Waals surface area contributed by atoms with Crippen LogP contribution in [0.1, 0.15) is 0 Å². The third kappa shape index (κ3) is 1.38. The molecule has 0 aliphatic rings. The molecule has 2 nitrogen and oxygen atoms in total. The van der Waals surface area contributed by atoms with Crippen molar-refractivity contribution in [2.75, 3.05) is 14.2 Å². The molecule has 2 aromatic rings. The second-order valence-electron chi connectivity index (χ2n) is 2.76. The summed E-state index contributed by atoms with van der Waals surface area (Å²) in [6.45, 7) is 0. The van der Waals surface area contributed by atoms with Crippen LogP contribution < -0.4 is 9.47 Å². The van der Waals surface area contributed by atoms with Crippen LogP contribution in [0.25, 0.3) is 10.1 Å². The second-order valence-corrected chi connectivity index (χ2v) is 4.49. The van der Waals surface area contributed by atoms with Crippen molar-refractivity contribution < 1.29 is 9.47 Å². The monoisotopic (exact) mass is 272 g/mol. The molecule has 0 bridgehead atoms. The predicted octanol–water partition coefficient (Wildman–Crippen LogP) is 3.68. The van der Waals surface area contributed by atoms with Crippen molar-refractivity contribution in [2.45, 2.75) is 0 Å². The lowest BCUT2D eigenvalue weighted by Crippen LogP contribution is -1.84. The molecule has 14 heavy (non-hydrogen) atoms. The molecule has 0 atom stereocenters. The molecule has 0 unspecified atom stereocenters. The fourth-order valence-electron chi connectivity index (χ4n) is 1.37. The van der Waals surface area contributed by atoms with E-state index in [0.29, 0.717) is 0 Å². The van der Waals surface area contributed by atoms with Gasteiger partial charge in [-0.05, 0) is 28.1 Å². The van der Waals surface area contributed by atoms with Gasteiger partial charge in [0.2, 0.25) is 0 Å². The minimum absolute atomic E-state index is 0.885. The second kappa shape index (κ2) is 3.79. The molecule has 74 valence electrons. The van der Waals surface area contributed by atoms with Crippen molar-refractivity contribution in [2.24, 2.45) is 0 Å². The number of hydrogen-bond donors (Lipinski definition) is 0. The Morgan fingerprint density at radius 2 is 1.86 bits per heavy atom. The van der Waals surface area contributed by atoms with Gasteiger partial charge in [-0.1, -0.05) is 0 Å². The zero-order valence-corrected chi connectivity index (χ0v) is 10.2. The Kier molecular flexibility index (Phi) is 2.65. The largest absolute Gasteiger partial charge is 0.495 e. The van der Waals surface area contributed by atoms with Crippen LogP contribution in [0.5, 0.6) is 11.5 Å². The van der Waals surface area contributed by atoms with Crippen LogP contribution in [0.4, 0.5) is 0 Å². The van der Waals surface area contributed by atoms with E-state index in [0.717, 1.165) is 26.1 Å². The minimum atomic E-state index is 0.885. The standard InChI is InChI=1S/C10H9BrO2S/c1-12-7-4-3-6(11)9-8(13-2)5-14-10(7)9/h3-5H,1-2H3. The van der Waals surface area contributed by atoms with Crippen molar-refractivity contribution in [3.05, 3.63) is 22.0 Å². The van der Waals surface area contributed by atoms with E-state index < -0.39 is 0 Å². The lowest BCUT2D eigenvalue weighted by Gasteiger charge is -2.03. The first kappa shape index (κ1) is 9.80. The summed E-state index contributed by atoms with van der Waals surface area (Å²) in [5, 5.41) is 3.06. The van der Waals surface area contributed by atoms with Gasteiger partial charge in [0.1, 0.15) is 11.5 Å². The van der Waals surface area contributed by atoms with Gasteiger partial charge in [-0.2, -0.15) is 0 Å². The normalized spacial score (nSPS) is 10.5. The average Bonchev–Trinajstić information content (AvgIpc) is 2.63. The number of fused-ring (bicyclic) bond motifs is 1. The van der Waals surface area contributed by atoms with Crippen LogP contribution >= 0.6 is 27.3 Å². The summed E-state index contributed by atoms with van der Waals surface area (Å²) in [5.74, 6) is 1.77. The summed E-state index contributed by atoms with van der Waals surface area (Å²) in [5.41, 5.74) is 0. The lowest BCUT2D eigenvalue weighted by molar-refractivity contribution is 0.417. The summed E-state index contributed by atoms with van der Waals surface area (Å²) >= 11 is 5.13. The van der Waals surface area contributed by atoms with Crippen molar-refractivity contribution in [1.29, 1.82) is 0 Å². The number of methoxy groups -OCH3 is 2. The van der Waals surface area contributed by atoms with Gasteiger partial charge in [0.05, 0.1) is 24.3 Å². The molecular formula is C10H9BrO2S. The molecule has 0 radical (unpaired) electrons. The maximum Gasteiger partial charge on any atom is 0.138 e. The molecule has 1 heterocycles. The Balaban J connectivity index is 2.80. The van der Waals surface area contributed by atoms with E-state index in [1.165, 1.54) is 0 Å². The Labute approximate surface area is 94.6 Å². The molecule has 2 rings (SSSR count). The fourth-order valence-corrected chi connectivity index (χ4v) is 3.06. The van der Waals surface area contributed by atoms with Gasteiger partial charge in [0.15, 0.2) is 0 Å². The number of benzene rings is 1. The Hall–Kier alpha value is -0.740. The first-order chi connectivity index (χ1) is 6.77. The van der Waals surface area contributed by atoms with Crippen molar-refractivity contribution in [3.8, 4) is 11.5 Å².